The number of nitrogens with one attached hydrogen (secondary N) is 1. The van der Waals surface area contributed by atoms with E-state index in [9.17, 15) is 5.11 Å². The van der Waals surface area contributed by atoms with Gasteiger partial charge < -0.3 is 15.2 Å². The smallest absolute Gasteiger partial charge is 0.118 e. The second kappa shape index (κ2) is 8.11. The van der Waals surface area contributed by atoms with E-state index in [1.807, 2.05) is 12.1 Å². The van der Waals surface area contributed by atoms with E-state index in [-0.39, 0.29) is 6.61 Å². The number of aliphatic hydroxyl groups is 1. The van der Waals surface area contributed by atoms with Gasteiger partial charge in [0.15, 0.2) is 0 Å². The monoisotopic (exact) mass is 251 g/mol. The lowest BCUT2D eigenvalue weighted by molar-refractivity contribution is 0.186. The predicted molar refractivity (Wildman–Crippen MR) is 75.0 cm³/mol. The molecule has 0 aromatic heterocycles. The Morgan fingerprint density at radius 3 is 2.39 bits per heavy atom. The van der Waals surface area contributed by atoms with Gasteiger partial charge in [-0.2, -0.15) is 0 Å². The van der Waals surface area contributed by atoms with Gasteiger partial charge in [0.05, 0.1) is 7.11 Å². The fraction of sp³-hybridized carbons (Fsp3) is 0.600. The van der Waals surface area contributed by atoms with Crippen LogP contribution in [0, 0.1) is 11.8 Å². The van der Waals surface area contributed by atoms with Crippen LogP contribution in [0.3, 0.4) is 0 Å². The van der Waals surface area contributed by atoms with E-state index in [1.165, 1.54) is 5.56 Å². The van der Waals surface area contributed by atoms with Crippen molar-refractivity contribution in [1.82, 2.24) is 5.32 Å². The normalized spacial score (nSPS) is 12.7. The first-order chi connectivity index (χ1) is 8.67. The van der Waals surface area contributed by atoms with E-state index in [0.29, 0.717) is 11.8 Å². The number of benzene rings is 1. The lowest BCUT2D eigenvalue weighted by Crippen LogP contribution is -2.30. The average Bonchev–Trinajstić information content (AvgIpc) is 2.39. The highest BCUT2D eigenvalue weighted by atomic mass is 16.5. The van der Waals surface area contributed by atoms with Crippen molar-refractivity contribution in [2.75, 3.05) is 26.8 Å². The van der Waals surface area contributed by atoms with Crippen molar-refractivity contribution in [2.45, 2.75) is 20.3 Å². The highest BCUT2D eigenvalue weighted by Gasteiger charge is 2.10. The highest BCUT2D eigenvalue weighted by molar-refractivity contribution is 5.27. The van der Waals surface area contributed by atoms with Crippen LogP contribution in [0.2, 0.25) is 0 Å². The van der Waals surface area contributed by atoms with Crippen LogP contribution in [-0.2, 0) is 6.42 Å². The molecule has 0 saturated heterocycles. The van der Waals surface area contributed by atoms with Gasteiger partial charge >= 0.3 is 0 Å². The largest absolute Gasteiger partial charge is 0.497 e. The molecular weight excluding hydrogens is 226 g/mol. The third-order valence-electron chi connectivity index (χ3n) is 3.33. The van der Waals surface area contributed by atoms with Gasteiger partial charge in [0, 0.05) is 13.2 Å². The van der Waals surface area contributed by atoms with Crippen LogP contribution in [0.15, 0.2) is 24.3 Å². The minimum Gasteiger partial charge on any atom is -0.497 e. The van der Waals surface area contributed by atoms with Gasteiger partial charge in [0.2, 0.25) is 0 Å². The molecule has 1 aromatic carbocycles. The molecule has 1 unspecified atom stereocenters. The van der Waals surface area contributed by atoms with E-state index in [4.69, 9.17) is 4.74 Å². The quantitative estimate of drug-likeness (QED) is 0.695. The second-order valence-corrected chi connectivity index (χ2v) is 4.99. The Balaban J connectivity index is 2.24. The van der Waals surface area contributed by atoms with Crippen molar-refractivity contribution in [3.8, 4) is 5.75 Å². The summed E-state index contributed by atoms with van der Waals surface area (Å²) in [6.45, 7) is 6.37. The van der Waals surface area contributed by atoms with Gasteiger partial charge in [-0.15, -0.1) is 0 Å². The number of ether oxygens (including phenoxy) is 1. The van der Waals surface area contributed by atoms with Gasteiger partial charge in [-0.1, -0.05) is 26.0 Å². The maximum absolute atomic E-state index is 9.22. The van der Waals surface area contributed by atoms with E-state index >= 15 is 0 Å². The molecule has 0 heterocycles. The third kappa shape index (κ3) is 5.07. The minimum absolute atomic E-state index is 0.257. The zero-order chi connectivity index (χ0) is 13.4. The molecule has 1 aromatic rings. The van der Waals surface area contributed by atoms with Gasteiger partial charge in [-0.3, -0.25) is 0 Å². The molecule has 102 valence electrons. The first kappa shape index (κ1) is 15.0. The zero-order valence-electron chi connectivity index (χ0n) is 11.6. The number of aliphatic hydroxyl groups excluding tert-OH is 1. The molecule has 2 N–H and O–H groups in total. The minimum atomic E-state index is 0.257. The van der Waals surface area contributed by atoms with Crippen LogP contribution in [-0.4, -0.2) is 31.9 Å². The molecule has 1 rings (SSSR count). The maximum atomic E-state index is 9.22. The summed E-state index contributed by atoms with van der Waals surface area (Å²) in [5, 5.41) is 12.6. The molecule has 0 saturated carbocycles. The molecule has 0 aliphatic carbocycles. The molecule has 0 aliphatic heterocycles. The summed E-state index contributed by atoms with van der Waals surface area (Å²) in [6.07, 6.45) is 1.00. The molecule has 0 radical (unpaired) electrons. The van der Waals surface area contributed by atoms with Gasteiger partial charge in [-0.05, 0) is 42.5 Å². The molecule has 0 fully saturated rings. The lowest BCUT2D eigenvalue weighted by Gasteiger charge is -2.18. The van der Waals surface area contributed by atoms with Crippen LogP contribution in [0.1, 0.15) is 19.4 Å². The van der Waals surface area contributed by atoms with Crippen molar-refractivity contribution >= 4 is 0 Å². The Bertz CT molecular complexity index is 322. The predicted octanol–water partition coefficient (Wildman–Crippen LogP) is 2.09. The second-order valence-electron chi connectivity index (χ2n) is 4.99. The molecule has 0 aliphatic rings. The number of rotatable bonds is 8. The Labute approximate surface area is 110 Å². The first-order valence-corrected chi connectivity index (χ1v) is 6.62. The molecule has 18 heavy (non-hydrogen) atoms. The van der Waals surface area contributed by atoms with E-state index in [2.05, 4.69) is 31.3 Å². The number of hydrogen-bond donors (Lipinski definition) is 2. The number of methoxy groups -OCH3 is 1. The maximum Gasteiger partial charge on any atom is 0.118 e. The van der Waals surface area contributed by atoms with E-state index < -0.39 is 0 Å². The molecule has 1 atom stereocenters. The van der Waals surface area contributed by atoms with Crippen molar-refractivity contribution in [3.63, 3.8) is 0 Å². The summed E-state index contributed by atoms with van der Waals surface area (Å²) in [5.41, 5.74) is 1.30. The summed E-state index contributed by atoms with van der Waals surface area (Å²) < 4.78 is 5.12. The molecule has 3 heteroatoms. The molecule has 0 spiro atoms. The lowest BCUT2D eigenvalue weighted by atomic mass is 9.97. The summed E-state index contributed by atoms with van der Waals surface area (Å²) in [5.74, 6) is 1.76. The number of hydrogen-bond acceptors (Lipinski definition) is 3. The van der Waals surface area contributed by atoms with Crippen molar-refractivity contribution < 1.29 is 9.84 Å². The SMILES string of the molecule is COc1ccc(CCNCC(CO)C(C)C)cc1. The third-order valence-corrected chi connectivity index (χ3v) is 3.33. The molecular formula is C15H25NO2. The fourth-order valence-corrected chi connectivity index (χ4v) is 1.82. The van der Waals surface area contributed by atoms with Crippen LogP contribution in [0.5, 0.6) is 5.75 Å². The van der Waals surface area contributed by atoms with Crippen LogP contribution in [0.25, 0.3) is 0 Å². The summed E-state index contributed by atoms with van der Waals surface area (Å²) in [4.78, 5) is 0. The van der Waals surface area contributed by atoms with Crippen molar-refractivity contribution in [3.05, 3.63) is 29.8 Å². The van der Waals surface area contributed by atoms with Crippen molar-refractivity contribution in [2.24, 2.45) is 11.8 Å². The van der Waals surface area contributed by atoms with Gasteiger partial charge in [0.25, 0.3) is 0 Å². The fourth-order valence-electron chi connectivity index (χ4n) is 1.82. The standard InChI is InChI=1S/C15H25NO2/c1-12(2)14(11-17)10-16-9-8-13-4-6-15(18-3)7-5-13/h4-7,12,14,16-17H,8-11H2,1-3H3. The van der Waals surface area contributed by atoms with Gasteiger partial charge in [-0.25, -0.2) is 0 Å². The van der Waals surface area contributed by atoms with Crippen LogP contribution >= 0.6 is 0 Å². The summed E-state index contributed by atoms with van der Waals surface area (Å²) in [6, 6.07) is 8.15. The molecule has 0 amide bonds. The Morgan fingerprint density at radius 1 is 1.22 bits per heavy atom. The Kier molecular flexibility index (Phi) is 6.76. The summed E-state index contributed by atoms with van der Waals surface area (Å²) >= 11 is 0. The Hall–Kier alpha value is -1.06. The summed E-state index contributed by atoms with van der Waals surface area (Å²) in [7, 11) is 1.68. The van der Waals surface area contributed by atoms with E-state index in [0.717, 1.165) is 25.3 Å². The average molecular weight is 251 g/mol. The first-order valence-electron chi connectivity index (χ1n) is 6.62. The topological polar surface area (TPSA) is 41.5 Å². The zero-order valence-corrected chi connectivity index (χ0v) is 11.6. The van der Waals surface area contributed by atoms with Crippen LogP contribution in [0.4, 0.5) is 0 Å². The highest BCUT2D eigenvalue weighted by Crippen LogP contribution is 2.11. The van der Waals surface area contributed by atoms with Crippen LogP contribution < -0.4 is 10.1 Å². The molecule has 0 bridgehead atoms. The van der Waals surface area contributed by atoms with Crippen molar-refractivity contribution in [1.29, 1.82) is 0 Å². The molecule has 3 nitrogen and oxygen atoms in total. The Morgan fingerprint density at radius 2 is 1.89 bits per heavy atom. The van der Waals surface area contributed by atoms with Gasteiger partial charge in [0.1, 0.15) is 5.75 Å². The van der Waals surface area contributed by atoms with E-state index in [1.54, 1.807) is 7.11 Å².